The van der Waals surface area contributed by atoms with Crippen molar-refractivity contribution >= 4 is 23.2 Å². The molecule has 1 atom stereocenters. The van der Waals surface area contributed by atoms with Crippen LogP contribution in [0.2, 0.25) is 0 Å². The Labute approximate surface area is 189 Å². The van der Waals surface area contributed by atoms with Gasteiger partial charge in [-0.05, 0) is 48.4 Å². The smallest absolute Gasteiger partial charge is 0.242 e. The van der Waals surface area contributed by atoms with Crippen molar-refractivity contribution in [2.75, 3.05) is 26.2 Å². The van der Waals surface area contributed by atoms with Crippen LogP contribution < -0.4 is 4.74 Å². The van der Waals surface area contributed by atoms with E-state index in [2.05, 4.69) is 18.0 Å². The van der Waals surface area contributed by atoms with Crippen molar-refractivity contribution in [3.05, 3.63) is 64.4 Å². The molecule has 0 aliphatic carbocycles. The number of thiophene rings is 1. The van der Waals surface area contributed by atoms with Crippen molar-refractivity contribution in [1.82, 2.24) is 9.80 Å². The molecule has 1 aliphatic heterocycles. The molecule has 0 unspecified atom stereocenters. The number of benzene rings is 1. The predicted octanol–water partition coefficient (Wildman–Crippen LogP) is 4.62. The fraction of sp³-hybridized carbons (Fsp3) is 0.440. The first-order valence-electron chi connectivity index (χ1n) is 10.8. The van der Waals surface area contributed by atoms with Crippen molar-refractivity contribution in [2.24, 2.45) is 5.92 Å². The second kappa shape index (κ2) is 10.6. The van der Waals surface area contributed by atoms with Crippen LogP contribution in [0.15, 0.2) is 48.4 Å². The van der Waals surface area contributed by atoms with Gasteiger partial charge in [0.2, 0.25) is 11.8 Å². The first-order valence-corrected chi connectivity index (χ1v) is 11.7. The summed E-state index contributed by atoms with van der Waals surface area (Å²) in [6, 6.07) is 9.87. The zero-order valence-electron chi connectivity index (χ0n) is 18.7. The average molecular weight is 441 g/mol. The molecule has 0 bridgehead atoms. The Morgan fingerprint density at radius 1 is 1.29 bits per heavy atom. The number of amides is 2. The highest BCUT2D eigenvalue weighted by molar-refractivity contribution is 7.10. The Balaban J connectivity index is 1.75. The highest BCUT2D eigenvalue weighted by Crippen LogP contribution is 2.34. The van der Waals surface area contributed by atoms with Crippen LogP contribution in [0.1, 0.15) is 42.3 Å². The van der Waals surface area contributed by atoms with Crippen molar-refractivity contribution < 1.29 is 14.3 Å². The fourth-order valence-electron chi connectivity index (χ4n) is 3.83. The minimum atomic E-state index is -0.158. The van der Waals surface area contributed by atoms with Crippen LogP contribution in [0.3, 0.4) is 0 Å². The number of rotatable bonds is 9. The van der Waals surface area contributed by atoms with E-state index in [0.717, 1.165) is 17.7 Å². The number of aryl methyl sites for hydroxylation is 1. The summed E-state index contributed by atoms with van der Waals surface area (Å²) >= 11 is 1.73. The second-order valence-electron chi connectivity index (χ2n) is 8.44. The Morgan fingerprint density at radius 3 is 2.71 bits per heavy atom. The van der Waals surface area contributed by atoms with E-state index in [1.807, 2.05) is 49.9 Å². The molecule has 0 saturated heterocycles. The molecule has 6 heteroatoms. The maximum atomic E-state index is 13.3. The van der Waals surface area contributed by atoms with Crippen LogP contribution >= 0.6 is 11.3 Å². The SMILES string of the molecule is C=CCN(CC(=O)N1CCc2sccc2[C@@H]1COc1ccc(C)cc1)C(=O)CC(C)C. The third-order valence-corrected chi connectivity index (χ3v) is 6.45. The Bertz CT molecular complexity index is 904. The topological polar surface area (TPSA) is 49.9 Å². The molecule has 5 nitrogen and oxygen atoms in total. The number of ether oxygens (including phenoxy) is 1. The summed E-state index contributed by atoms with van der Waals surface area (Å²) in [6.45, 7) is 11.3. The van der Waals surface area contributed by atoms with E-state index in [-0.39, 0.29) is 30.3 Å². The Morgan fingerprint density at radius 2 is 2.03 bits per heavy atom. The first-order chi connectivity index (χ1) is 14.9. The molecular weight excluding hydrogens is 408 g/mol. The van der Waals surface area contributed by atoms with Gasteiger partial charge in [0, 0.05) is 24.4 Å². The standard InChI is InChI=1S/C25H32N2O3S/c1-5-12-26(24(28)15-18(2)3)16-25(29)27-13-10-23-21(11-14-31-23)22(27)17-30-20-8-6-19(4)7-9-20/h5-9,11,14,18,22H,1,10,12-13,15-17H2,2-4H3/t22-/m0/s1. The first kappa shape index (κ1) is 23.1. The zero-order valence-corrected chi connectivity index (χ0v) is 19.5. The van der Waals surface area contributed by atoms with Crippen LogP contribution in [0.5, 0.6) is 5.75 Å². The third-order valence-electron chi connectivity index (χ3n) is 5.46. The molecule has 1 aromatic heterocycles. The lowest BCUT2D eigenvalue weighted by Crippen LogP contribution is -2.48. The number of carbonyl (C=O) groups is 2. The summed E-state index contributed by atoms with van der Waals surface area (Å²) in [7, 11) is 0. The molecule has 31 heavy (non-hydrogen) atoms. The lowest BCUT2D eigenvalue weighted by molar-refractivity contribution is -0.142. The highest BCUT2D eigenvalue weighted by Gasteiger charge is 2.33. The maximum absolute atomic E-state index is 13.3. The molecule has 0 fully saturated rings. The number of fused-ring (bicyclic) bond motifs is 1. The monoisotopic (exact) mass is 440 g/mol. The molecule has 166 valence electrons. The summed E-state index contributed by atoms with van der Waals surface area (Å²) in [4.78, 5) is 30.7. The van der Waals surface area contributed by atoms with E-state index in [1.165, 1.54) is 10.4 Å². The van der Waals surface area contributed by atoms with Crippen molar-refractivity contribution in [1.29, 1.82) is 0 Å². The minimum absolute atomic E-state index is 0.0102. The molecule has 0 N–H and O–H groups in total. The molecule has 0 radical (unpaired) electrons. The van der Waals surface area contributed by atoms with Crippen LogP contribution in [-0.2, 0) is 16.0 Å². The van der Waals surface area contributed by atoms with Gasteiger partial charge in [-0.1, -0.05) is 37.6 Å². The van der Waals surface area contributed by atoms with E-state index in [0.29, 0.717) is 26.1 Å². The van der Waals surface area contributed by atoms with Gasteiger partial charge in [-0.25, -0.2) is 0 Å². The second-order valence-corrected chi connectivity index (χ2v) is 9.44. The maximum Gasteiger partial charge on any atom is 0.242 e. The van der Waals surface area contributed by atoms with E-state index >= 15 is 0 Å². The molecule has 2 amide bonds. The van der Waals surface area contributed by atoms with E-state index in [1.54, 1.807) is 22.3 Å². The highest BCUT2D eigenvalue weighted by atomic mass is 32.1. The number of hydrogen-bond donors (Lipinski definition) is 0. The normalized spacial score (nSPS) is 15.5. The molecule has 0 spiro atoms. The molecule has 1 aromatic carbocycles. The molecule has 3 rings (SSSR count). The van der Waals surface area contributed by atoms with Crippen molar-refractivity contribution in [2.45, 2.75) is 39.7 Å². The van der Waals surface area contributed by atoms with Crippen molar-refractivity contribution in [3.8, 4) is 5.75 Å². The summed E-state index contributed by atoms with van der Waals surface area (Å²) in [5, 5.41) is 2.08. The molecular formula is C25H32N2O3S. The van der Waals surface area contributed by atoms with E-state index in [4.69, 9.17) is 4.74 Å². The molecule has 2 heterocycles. The van der Waals surface area contributed by atoms with Crippen LogP contribution in [0, 0.1) is 12.8 Å². The van der Waals surface area contributed by atoms with Gasteiger partial charge in [0.1, 0.15) is 18.9 Å². The molecule has 2 aromatic rings. The quantitative estimate of drug-likeness (QED) is 0.535. The van der Waals surface area contributed by atoms with E-state index < -0.39 is 0 Å². The average Bonchev–Trinajstić information content (AvgIpc) is 3.21. The third kappa shape index (κ3) is 5.97. The van der Waals surface area contributed by atoms with Gasteiger partial charge in [-0.3, -0.25) is 9.59 Å². The van der Waals surface area contributed by atoms with Gasteiger partial charge in [-0.2, -0.15) is 0 Å². The molecule has 0 saturated carbocycles. The van der Waals surface area contributed by atoms with Gasteiger partial charge >= 0.3 is 0 Å². The summed E-state index contributed by atoms with van der Waals surface area (Å²) in [5.74, 6) is 0.979. The van der Waals surface area contributed by atoms with Crippen molar-refractivity contribution in [3.63, 3.8) is 0 Å². The van der Waals surface area contributed by atoms with Gasteiger partial charge in [0.15, 0.2) is 0 Å². The number of nitrogens with zero attached hydrogens (tertiary/aromatic N) is 2. The lowest BCUT2D eigenvalue weighted by Gasteiger charge is -2.37. The van der Waals surface area contributed by atoms with Crippen LogP contribution in [0.25, 0.3) is 0 Å². The Hall–Kier alpha value is -2.60. The zero-order chi connectivity index (χ0) is 22.4. The summed E-state index contributed by atoms with van der Waals surface area (Å²) < 4.78 is 6.07. The van der Waals surface area contributed by atoms with Crippen LogP contribution in [0.4, 0.5) is 0 Å². The van der Waals surface area contributed by atoms with E-state index in [9.17, 15) is 9.59 Å². The predicted molar refractivity (Wildman–Crippen MR) is 125 cm³/mol. The van der Waals surface area contributed by atoms with Gasteiger partial charge in [-0.15, -0.1) is 17.9 Å². The lowest BCUT2D eigenvalue weighted by atomic mass is 10.00. The van der Waals surface area contributed by atoms with Gasteiger partial charge < -0.3 is 14.5 Å². The largest absolute Gasteiger partial charge is 0.491 e. The number of carbonyl (C=O) groups excluding carboxylic acids is 2. The van der Waals surface area contributed by atoms with Crippen LogP contribution in [-0.4, -0.2) is 47.9 Å². The molecule has 1 aliphatic rings. The summed E-state index contributed by atoms with van der Waals surface area (Å²) in [5.41, 5.74) is 2.33. The fourth-order valence-corrected chi connectivity index (χ4v) is 4.76. The van der Waals surface area contributed by atoms with Gasteiger partial charge in [0.25, 0.3) is 0 Å². The van der Waals surface area contributed by atoms with Gasteiger partial charge in [0.05, 0.1) is 6.04 Å². The summed E-state index contributed by atoms with van der Waals surface area (Å²) in [6.07, 6.45) is 2.94. The Kier molecular flexibility index (Phi) is 7.91. The minimum Gasteiger partial charge on any atom is -0.491 e. The number of hydrogen-bond acceptors (Lipinski definition) is 4.